The molecule has 0 saturated heterocycles. The summed E-state index contributed by atoms with van der Waals surface area (Å²) in [6.45, 7) is 1.92. The maximum atomic E-state index is 13.8. The van der Waals surface area contributed by atoms with Crippen molar-refractivity contribution in [1.82, 2.24) is 9.78 Å². The van der Waals surface area contributed by atoms with E-state index >= 15 is 0 Å². The van der Waals surface area contributed by atoms with Gasteiger partial charge in [0.2, 0.25) is 0 Å². The molecule has 6 nitrogen and oxygen atoms in total. The van der Waals surface area contributed by atoms with Crippen LogP contribution in [0.3, 0.4) is 0 Å². The second-order valence-electron chi connectivity index (χ2n) is 6.54. The fourth-order valence-electron chi connectivity index (χ4n) is 3.05. The van der Waals surface area contributed by atoms with Gasteiger partial charge in [0.1, 0.15) is 5.82 Å². The van der Waals surface area contributed by atoms with Crippen LogP contribution in [0, 0.1) is 5.82 Å². The Morgan fingerprint density at radius 1 is 1.10 bits per heavy atom. The molecule has 0 aliphatic heterocycles. The maximum Gasteiger partial charge on any atom is 0.358 e. The second kappa shape index (κ2) is 8.93. The Morgan fingerprint density at radius 2 is 1.94 bits per heavy atom. The minimum absolute atomic E-state index is 0.106. The third kappa shape index (κ3) is 4.54. The molecule has 0 aliphatic carbocycles. The van der Waals surface area contributed by atoms with Crippen molar-refractivity contribution in [3.05, 3.63) is 88.5 Å². The van der Waals surface area contributed by atoms with Gasteiger partial charge in [0.05, 0.1) is 22.9 Å². The SMILES string of the molecule is CCOC(=O)c1cc(-c2cccc(NC(=O)c3cccs3)c2)n(-c2cccc(F)c2)n1. The summed E-state index contributed by atoms with van der Waals surface area (Å²) in [5.74, 6) is -1.20. The highest BCUT2D eigenvalue weighted by Gasteiger charge is 2.18. The molecule has 2 aromatic carbocycles. The van der Waals surface area contributed by atoms with Gasteiger partial charge >= 0.3 is 5.97 Å². The zero-order valence-corrected chi connectivity index (χ0v) is 17.4. The molecule has 1 N–H and O–H groups in total. The van der Waals surface area contributed by atoms with E-state index in [1.165, 1.54) is 28.2 Å². The van der Waals surface area contributed by atoms with Gasteiger partial charge in [-0.25, -0.2) is 13.9 Å². The predicted octanol–water partition coefficient (Wildman–Crippen LogP) is 5.17. The van der Waals surface area contributed by atoms with E-state index in [0.29, 0.717) is 27.5 Å². The van der Waals surface area contributed by atoms with Crippen molar-refractivity contribution < 1.29 is 18.7 Å². The molecule has 2 heterocycles. The van der Waals surface area contributed by atoms with Crippen LogP contribution in [0.1, 0.15) is 27.1 Å². The fourth-order valence-corrected chi connectivity index (χ4v) is 3.67. The summed E-state index contributed by atoms with van der Waals surface area (Å²) in [5, 5.41) is 9.03. The molecule has 0 bridgehead atoms. The predicted molar refractivity (Wildman–Crippen MR) is 117 cm³/mol. The summed E-state index contributed by atoms with van der Waals surface area (Å²) in [6.07, 6.45) is 0. The van der Waals surface area contributed by atoms with Gasteiger partial charge in [-0.3, -0.25) is 4.79 Å². The Morgan fingerprint density at radius 3 is 2.68 bits per heavy atom. The summed E-state index contributed by atoms with van der Waals surface area (Å²) in [4.78, 5) is 25.2. The van der Waals surface area contributed by atoms with Crippen LogP contribution in [-0.2, 0) is 4.74 Å². The first-order valence-electron chi connectivity index (χ1n) is 9.53. The number of benzene rings is 2. The minimum atomic E-state index is -0.568. The van der Waals surface area contributed by atoms with Gasteiger partial charge in [-0.15, -0.1) is 11.3 Å². The third-order valence-electron chi connectivity index (χ3n) is 4.41. The fraction of sp³-hybridized carbons (Fsp3) is 0.0870. The number of hydrogen-bond acceptors (Lipinski definition) is 5. The normalized spacial score (nSPS) is 10.6. The van der Waals surface area contributed by atoms with Crippen molar-refractivity contribution in [2.45, 2.75) is 6.92 Å². The zero-order chi connectivity index (χ0) is 21.8. The number of thiophene rings is 1. The van der Waals surface area contributed by atoms with Crippen LogP contribution in [0.2, 0.25) is 0 Å². The number of nitrogens with zero attached hydrogens (tertiary/aromatic N) is 2. The molecule has 2 aromatic heterocycles. The van der Waals surface area contributed by atoms with E-state index in [9.17, 15) is 14.0 Å². The summed E-state index contributed by atoms with van der Waals surface area (Å²) in [5.41, 5.74) is 2.39. The lowest BCUT2D eigenvalue weighted by molar-refractivity contribution is 0.0519. The Hall–Kier alpha value is -3.78. The van der Waals surface area contributed by atoms with Gasteiger partial charge < -0.3 is 10.1 Å². The number of aromatic nitrogens is 2. The molecule has 31 heavy (non-hydrogen) atoms. The van der Waals surface area contributed by atoms with E-state index in [0.717, 1.165) is 0 Å². The molecule has 0 atom stereocenters. The summed E-state index contributed by atoms with van der Waals surface area (Å²) >= 11 is 1.35. The van der Waals surface area contributed by atoms with Gasteiger partial charge in [0.15, 0.2) is 5.69 Å². The quantitative estimate of drug-likeness (QED) is 0.424. The molecule has 0 saturated carbocycles. The molecule has 0 fully saturated rings. The van der Waals surface area contributed by atoms with Gasteiger partial charge in [-0.2, -0.15) is 5.10 Å². The van der Waals surface area contributed by atoms with Gasteiger partial charge in [-0.05, 0) is 54.8 Å². The molecule has 8 heteroatoms. The number of nitrogens with one attached hydrogen (secondary N) is 1. The van der Waals surface area contributed by atoms with Gasteiger partial charge in [0, 0.05) is 11.3 Å². The number of anilines is 1. The lowest BCUT2D eigenvalue weighted by atomic mass is 10.1. The molecule has 1 amide bonds. The highest BCUT2D eigenvalue weighted by atomic mass is 32.1. The van der Waals surface area contributed by atoms with E-state index in [1.54, 1.807) is 49.4 Å². The molecular weight excluding hydrogens is 417 g/mol. The van der Waals surface area contributed by atoms with Crippen molar-refractivity contribution in [1.29, 1.82) is 0 Å². The lowest BCUT2D eigenvalue weighted by Crippen LogP contribution is -2.10. The van der Waals surface area contributed by atoms with Crippen LogP contribution < -0.4 is 5.32 Å². The number of hydrogen-bond donors (Lipinski definition) is 1. The van der Waals surface area contributed by atoms with Crippen LogP contribution in [0.15, 0.2) is 72.1 Å². The van der Waals surface area contributed by atoms with Crippen molar-refractivity contribution in [2.75, 3.05) is 11.9 Å². The number of carbonyl (C=O) groups is 2. The number of rotatable bonds is 6. The molecule has 4 aromatic rings. The minimum Gasteiger partial charge on any atom is -0.461 e. The molecule has 156 valence electrons. The van der Waals surface area contributed by atoms with Gasteiger partial charge in [-0.1, -0.05) is 24.3 Å². The second-order valence-corrected chi connectivity index (χ2v) is 7.49. The topological polar surface area (TPSA) is 73.2 Å². The lowest BCUT2D eigenvalue weighted by Gasteiger charge is -2.10. The number of halogens is 1. The first-order valence-corrected chi connectivity index (χ1v) is 10.4. The van der Waals surface area contributed by atoms with Crippen LogP contribution in [-0.4, -0.2) is 28.3 Å². The Kier molecular flexibility index (Phi) is 5.90. The summed E-state index contributed by atoms with van der Waals surface area (Å²) < 4.78 is 20.4. The Balaban J connectivity index is 1.74. The summed E-state index contributed by atoms with van der Waals surface area (Å²) in [7, 11) is 0. The Bertz CT molecular complexity index is 1230. The van der Waals surface area contributed by atoms with Crippen molar-refractivity contribution in [2.24, 2.45) is 0 Å². The van der Waals surface area contributed by atoms with Crippen LogP contribution in [0.25, 0.3) is 16.9 Å². The molecule has 4 rings (SSSR count). The average Bonchev–Trinajstić information content (AvgIpc) is 3.45. The number of esters is 1. The average molecular weight is 435 g/mol. The smallest absolute Gasteiger partial charge is 0.358 e. The maximum absolute atomic E-state index is 13.8. The molecule has 0 radical (unpaired) electrons. The molecule has 0 aliphatic rings. The van der Waals surface area contributed by atoms with E-state index in [2.05, 4.69) is 10.4 Å². The number of ether oxygens (including phenoxy) is 1. The third-order valence-corrected chi connectivity index (χ3v) is 5.28. The molecular formula is C23H18FN3O3S. The van der Waals surface area contributed by atoms with Crippen molar-refractivity contribution >= 4 is 28.9 Å². The van der Waals surface area contributed by atoms with Crippen LogP contribution in [0.5, 0.6) is 0 Å². The van der Waals surface area contributed by atoms with Crippen LogP contribution >= 0.6 is 11.3 Å². The van der Waals surface area contributed by atoms with Gasteiger partial charge in [0.25, 0.3) is 5.91 Å². The first kappa shape index (κ1) is 20.5. The van der Waals surface area contributed by atoms with Crippen molar-refractivity contribution in [3.63, 3.8) is 0 Å². The first-order chi connectivity index (χ1) is 15.0. The number of carbonyl (C=O) groups excluding carboxylic acids is 2. The summed E-state index contributed by atoms with van der Waals surface area (Å²) in [6, 6.07) is 18.2. The largest absolute Gasteiger partial charge is 0.461 e. The standard InChI is InChI=1S/C23H18FN3O3S/c1-2-30-23(29)19-14-20(27(26-19)18-9-4-7-16(24)13-18)15-6-3-8-17(12-15)25-22(28)21-10-5-11-31-21/h3-14H,2H2,1H3,(H,25,28). The van der Waals surface area contributed by atoms with E-state index in [1.807, 2.05) is 17.5 Å². The number of amides is 1. The van der Waals surface area contributed by atoms with Crippen LogP contribution in [0.4, 0.5) is 10.1 Å². The van der Waals surface area contributed by atoms with E-state index < -0.39 is 11.8 Å². The van der Waals surface area contributed by atoms with E-state index in [-0.39, 0.29) is 18.2 Å². The van der Waals surface area contributed by atoms with E-state index in [4.69, 9.17) is 4.74 Å². The highest BCUT2D eigenvalue weighted by molar-refractivity contribution is 7.12. The monoisotopic (exact) mass is 435 g/mol. The van der Waals surface area contributed by atoms with Crippen molar-refractivity contribution in [3.8, 4) is 16.9 Å². The highest BCUT2D eigenvalue weighted by Crippen LogP contribution is 2.27. The Labute approximate surface area is 181 Å². The zero-order valence-electron chi connectivity index (χ0n) is 16.5. The molecule has 0 unspecified atom stereocenters. The molecule has 0 spiro atoms.